The summed E-state index contributed by atoms with van der Waals surface area (Å²) < 4.78 is 9.67. The van der Waals surface area contributed by atoms with E-state index in [0.717, 1.165) is 27.1 Å². The first kappa shape index (κ1) is 25.4. The molecule has 2 heterocycles. The summed E-state index contributed by atoms with van der Waals surface area (Å²) in [6.07, 6.45) is 0.752. The molecule has 0 unspecified atom stereocenters. The number of hydrogen-bond donors (Lipinski definition) is 1. The van der Waals surface area contributed by atoms with Gasteiger partial charge in [-0.25, -0.2) is 9.78 Å². The average Bonchev–Trinajstić information content (AvgIpc) is 3.11. The van der Waals surface area contributed by atoms with Crippen molar-refractivity contribution < 1.29 is 14.6 Å². The highest BCUT2D eigenvalue weighted by molar-refractivity contribution is 9.10. The molecular weight excluding hydrogens is 524 g/mol. The zero-order valence-corrected chi connectivity index (χ0v) is 22.3. The number of fused-ring (bicyclic) bond motifs is 1. The van der Waals surface area contributed by atoms with E-state index in [-0.39, 0.29) is 11.5 Å². The van der Waals surface area contributed by atoms with Gasteiger partial charge >= 0.3 is 5.97 Å². The number of aryl methyl sites for hydroxylation is 1. The van der Waals surface area contributed by atoms with Gasteiger partial charge in [0.1, 0.15) is 11.6 Å². The van der Waals surface area contributed by atoms with E-state index in [1.165, 1.54) is 11.6 Å². The third kappa shape index (κ3) is 4.97. The Labute approximate surface area is 217 Å². The molecule has 0 aliphatic rings. The van der Waals surface area contributed by atoms with E-state index in [1.54, 1.807) is 24.4 Å². The molecule has 8 nitrogen and oxygen atoms in total. The zero-order valence-electron chi connectivity index (χ0n) is 20.7. The Balaban J connectivity index is 1.71. The fourth-order valence-electron chi connectivity index (χ4n) is 4.02. The highest BCUT2D eigenvalue weighted by Crippen LogP contribution is 2.23. The average molecular weight is 551 g/mol. The number of aliphatic carboxylic acids is 1. The Kier molecular flexibility index (Phi) is 7.12. The van der Waals surface area contributed by atoms with Crippen molar-refractivity contribution in [2.24, 2.45) is 5.10 Å². The summed E-state index contributed by atoms with van der Waals surface area (Å²) in [6, 6.07) is 14.7. The van der Waals surface area contributed by atoms with Gasteiger partial charge in [0, 0.05) is 33.0 Å². The van der Waals surface area contributed by atoms with Gasteiger partial charge < -0.3 is 14.4 Å². The van der Waals surface area contributed by atoms with Crippen LogP contribution in [0.5, 0.6) is 5.75 Å². The largest absolute Gasteiger partial charge is 0.479 e. The number of hydrogen-bond acceptors (Lipinski definition) is 5. The molecule has 0 aliphatic heterocycles. The van der Waals surface area contributed by atoms with Crippen LogP contribution in [0.3, 0.4) is 0 Å². The van der Waals surface area contributed by atoms with Crippen LogP contribution in [0.4, 0.5) is 0 Å². The van der Waals surface area contributed by atoms with Crippen LogP contribution < -0.4 is 10.3 Å². The first-order valence-corrected chi connectivity index (χ1v) is 12.3. The molecular formula is C27H27BrN4O4. The second-order valence-corrected chi connectivity index (χ2v) is 9.82. The first-order valence-electron chi connectivity index (χ1n) is 11.5. The molecule has 186 valence electrons. The van der Waals surface area contributed by atoms with Crippen LogP contribution >= 0.6 is 15.9 Å². The van der Waals surface area contributed by atoms with Gasteiger partial charge in [0.15, 0.2) is 6.10 Å². The summed E-state index contributed by atoms with van der Waals surface area (Å²) in [5.74, 6) is 0.0500. The highest BCUT2D eigenvalue weighted by Gasteiger charge is 2.16. The summed E-state index contributed by atoms with van der Waals surface area (Å²) in [4.78, 5) is 29.0. The molecule has 0 spiro atoms. The van der Waals surface area contributed by atoms with Crippen LogP contribution in [0.25, 0.3) is 16.6 Å². The van der Waals surface area contributed by atoms with Crippen LogP contribution in [0, 0.1) is 13.8 Å². The SMILES string of the molecule is Cc1cc(C=Nn2c(C(C)C)nc3ccc(Br)cc3c2=O)c(C)n1-c1ccc(O[C@@H](C)C(=O)O)cc1. The van der Waals surface area contributed by atoms with E-state index < -0.39 is 12.1 Å². The number of carbonyl (C=O) groups is 1. The molecule has 0 aliphatic carbocycles. The molecule has 36 heavy (non-hydrogen) atoms. The van der Waals surface area contributed by atoms with Crippen LogP contribution in [0.1, 0.15) is 49.5 Å². The Morgan fingerprint density at radius 3 is 2.44 bits per heavy atom. The number of halogens is 1. The van der Waals surface area contributed by atoms with Crippen LogP contribution in [-0.4, -0.2) is 37.6 Å². The molecule has 4 aromatic rings. The standard InChI is InChI=1S/C27H27BrN4O4/c1-15(2)25-30-24-11-6-20(28)13-23(24)26(33)32(25)29-14-19-12-16(3)31(17(19)4)21-7-9-22(10-8-21)36-18(5)27(34)35/h6-15,18H,1-5H3,(H,34,35)/t18-/m0/s1. The number of nitrogens with zero attached hydrogens (tertiary/aromatic N) is 4. The van der Waals surface area contributed by atoms with Crippen molar-refractivity contribution in [2.75, 3.05) is 0 Å². The fraction of sp³-hybridized carbons (Fsp3) is 0.259. The minimum Gasteiger partial charge on any atom is -0.479 e. The Hall–Kier alpha value is -3.72. The van der Waals surface area contributed by atoms with Crippen molar-refractivity contribution in [3.8, 4) is 11.4 Å². The van der Waals surface area contributed by atoms with Gasteiger partial charge in [-0.3, -0.25) is 4.79 Å². The number of aromatic nitrogens is 3. The lowest BCUT2D eigenvalue weighted by atomic mass is 10.2. The minimum atomic E-state index is -1.02. The predicted molar refractivity (Wildman–Crippen MR) is 144 cm³/mol. The molecule has 0 fully saturated rings. The van der Waals surface area contributed by atoms with E-state index in [2.05, 4.69) is 25.6 Å². The van der Waals surface area contributed by atoms with Gasteiger partial charge in [0.25, 0.3) is 5.56 Å². The fourth-order valence-corrected chi connectivity index (χ4v) is 4.38. The van der Waals surface area contributed by atoms with Gasteiger partial charge in [-0.1, -0.05) is 29.8 Å². The summed E-state index contributed by atoms with van der Waals surface area (Å²) in [7, 11) is 0. The van der Waals surface area contributed by atoms with E-state index in [4.69, 9.17) is 14.8 Å². The Morgan fingerprint density at radius 1 is 1.11 bits per heavy atom. The topological polar surface area (TPSA) is 98.7 Å². The zero-order chi connectivity index (χ0) is 26.1. The molecule has 1 N–H and O–H groups in total. The molecule has 0 radical (unpaired) electrons. The van der Waals surface area contributed by atoms with E-state index in [1.807, 2.05) is 58.0 Å². The maximum absolute atomic E-state index is 13.3. The van der Waals surface area contributed by atoms with Crippen LogP contribution in [0.15, 0.2) is 62.9 Å². The monoisotopic (exact) mass is 550 g/mol. The van der Waals surface area contributed by atoms with Crippen molar-refractivity contribution in [3.63, 3.8) is 0 Å². The molecule has 0 saturated carbocycles. The first-order chi connectivity index (χ1) is 17.1. The van der Waals surface area contributed by atoms with Crippen LogP contribution in [-0.2, 0) is 4.79 Å². The quantitative estimate of drug-likeness (QED) is 0.309. The molecule has 0 saturated heterocycles. The smallest absolute Gasteiger partial charge is 0.344 e. The number of rotatable bonds is 7. The molecule has 0 bridgehead atoms. The predicted octanol–water partition coefficient (Wildman–Crippen LogP) is 5.42. The third-order valence-corrected chi connectivity index (χ3v) is 6.38. The van der Waals surface area contributed by atoms with Crippen molar-refractivity contribution in [1.29, 1.82) is 0 Å². The normalized spacial score (nSPS) is 12.5. The van der Waals surface area contributed by atoms with Gasteiger partial charge in [0.05, 0.1) is 17.1 Å². The highest BCUT2D eigenvalue weighted by atomic mass is 79.9. The molecule has 0 amide bonds. The number of carboxylic acid groups (broad SMARTS) is 1. The summed E-state index contributed by atoms with van der Waals surface area (Å²) in [5, 5.41) is 14.1. The number of benzene rings is 2. The number of carboxylic acids is 1. The van der Waals surface area contributed by atoms with E-state index >= 15 is 0 Å². The number of ether oxygens (including phenoxy) is 1. The molecule has 2 aromatic carbocycles. The molecule has 1 atom stereocenters. The molecule has 2 aromatic heterocycles. The molecule has 9 heteroatoms. The Bertz CT molecular complexity index is 1530. The summed E-state index contributed by atoms with van der Waals surface area (Å²) >= 11 is 3.43. The van der Waals surface area contributed by atoms with Crippen LogP contribution in [0.2, 0.25) is 0 Å². The van der Waals surface area contributed by atoms with E-state index in [9.17, 15) is 9.59 Å². The van der Waals surface area contributed by atoms with Crippen molar-refractivity contribution >= 4 is 39.0 Å². The van der Waals surface area contributed by atoms with Gasteiger partial charge in [0.2, 0.25) is 0 Å². The second-order valence-electron chi connectivity index (χ2n) is 8.90. The lowest BCUT2D eigenvalue weighted by molar-refractivity contribution is -0.144. The van der Waals surface area contributed by atoms with Crippen molar-refractivity contribution in [3.05, 3.63) is 86.1 Å². The van der Waals surface area contributed by atoms with Gasteiger partial charge in [-0.15, -0.1) is 0 Å². The van der Waals surface area contributed by atoms with E-state index in [0.29, 0.717) is 22.5 Å². The molecule has 4 rings (SSSR count). The maximum Gasteiger partial charge on any atom is 0.344 e. The van der Waals surface area contributed by atoms with Crippen molar-refractivity contribution in [2.45, 2.75) is 46.6 Å². The second kappa shape index (κ2) is 10.1. The summed E-state index contributed by atoms with van der Waals surface area (Å²) in [5.41, 5.74) is 4.11. The maximum atomic E-state index is 13.3. The summed E-state index contributed by atoms with van der Waals surface area (Å²) in [6.45, 7) is 9.42. The lowest BCUT2D eigenvalue weighted by Gasteiger charge is -2.13. The Morgan fingerprint density at radius 2 is 1.81 bits per heavy atom. The third-order valence-electron chi connectivity index (χ3n) is 5.89. The minimum absolute atomic E-state index is 0.0000862. The lowest BCUT2D eigenvalue weighted by Crippen LogP contribution is -2.23. The van der Waals surface area contributed by atoms with Gasteiger partial charge in [-0.2, -0.15) is 9.78 Å². The van der Waals surface area contributed by atoms with Gasteiger partial charge in [-0.05, 0) is 69.3 Å². The van der Waals surface area contributed by atoms with Crippen molar-refractivity contribution in [1.82, 2.24) is 14.2 Å².